The number of fused-ring (bicyclic) bond motifs is 3. The average Bonchev–Trinajstić information content (AvgIpc) is 2.75. The largest absolute Gasteiger partial charge is 0.489 e. The first-order chi connectivity index (χ1) is 14.4. The van der Waals surface area contributed by atoms with Gasteiger partial charge in [-0.2, -0.15) is 0 Å². The third-order valence-electron chi connectivity index (χ3n) is 7.53. The second kappa shape index (κ2) is 8.02. The molecule has 1 aliphatic heterocycles. The Hall–Kier alpha value is -2.41. The number of halogens is 1. The van der Waals surface area contributed by atoms with Crippen LogP contribution >= 0.6 is 0 Å². The van der Waals surface area contributed by atoms with Gasteiger partial charge in [-0.25, -0.2) is 4.39 Å². The highest BCUT2D eigenvalue weighted by molar-refractivity contribution is 5.86. The molecule has 7 heteroatoms. The molecule has 0 aromatic heterocycles. The van der Waals surface area contributed by atoms with E-state index >= 15 is 0 Å². The van der Waals surface area contributed by atoms with E-state index < -0.39 is 11.9 Å². The first-order valence-corrected chi connectivity index (χ1v) is 10.7. The Labute approximate surface area is 175 Å². The van der Waals surface area contributed by atoms with Crippen LogP contribution in [0, 0.1) is 11.3 Å². The summed E-state index contributed by atoms with van der Waals surface area (Å²) in [4.78, 5) is 25.8. The van der Waals surface area contributed by atoms with E-state index in [1.807, 2.05) is 12.1 Å². The summed E-state index contributed by atoms with van der Waals surface area (Å²) in [6.45, 7) is 0.978. The van der Waals surface area contributed by atoms with Gasteiger partial charge < -0.3 is 20.5 Å². The zero-order valence-electron chi connectivity index (χ0n) is 17.1. The summed E-state index contributed by atoms with van der Waals surface area (Å²) in [6.07, 6.45) is 5.98. The van der Waals surface area contributed by atoms with Crippen LogP contribution in [0.25, 0.3) is 0 Å². The van der Waals surface area contributed by atoms with E-state index in [4.69, 9.17) is 15.6 Å². The summed E-state index contributed by atoms with van der Waals surface area (Å²) in [5.74, 6) is -0.368. The topological polar surface area (TPSA) is 92.9 Å². The van der Waals surface area contributed by atoms with Crippen LogP contribution in [-0.4, -0.2) is 48.1 Å². The fourth-order valence-electron chi connectivity index (χ4n) is 5.29. The van der Waals surface area contributed by atoms with Gasteiger partial charge in [0.25, 0.3) is 0 Å². The Kier molecular flexibility index (Phi) is 5.57. The number of amides is 1. The van der Waals surface area contributed by atoms with E-state index in [1.165, 1.54) is 5.56 Å². The lowest BCUT2D eigenvalue weighted by Gasteiger charge is -2.55. The highest BCUT2D eigenvalue weighted by Crippen LogP contribution is 2.58. The number of hydrogen-bond donors (Lipinski definition) is 2. The second-order valence-corrected chi connectivity index (χ2v) is 9.09. The molecular formula is C23H29FN2O4. The molecule has 3 N–H and O–H groups in total. The molecule has 1 saturated heterocycles. The molecule has 30 heavy (non-hydrogen) atoms. The summed E-state index contributed by atoms with van der Waals surface area (Å²) in [7, 11) is 0. The molecule has 4 fully saturated rings. The van der Waals surface area contributed by atoms with E-state index in [1.54, 1.807) is 4.90 Å². The van der Waals surface area contributed by atoms with Gasteiger partial charge in [-0.1, -0.05) is 12.1 Å². The smallest absolute Gasteiger partial charge is 0.310 e. The van der Waals surface area contributed by atoms with Crippen LogP contribution < -0.4 is 10.5 Å². The second-order valence-electron chi connectivity index (χ2n) is 9.09. The van der Waals surface area contributed by atoms with Crippen LogP contribution in [0.15, 0.2) is 36.2 Å². The number of aliphatic carboxylic acids is 1. The average molecular weight is 416 g/mol. The molecule has 3 saturated carbocycles. The zero-order valence-corrected chi connectivity index (χ0v) is 17.1. The maximum atomic E-state index is 13.1. The molecule has 3 aliphatic carbocycles. The molecule has 1 amide bonds. The van der Waals surface area contributed by atoms with Gasteiger partial charge in [0, 0.05) is 30.6 Å². The molecule has 0 radical (unpaired) electrons. The van der Waals surface area contributed by atoms with Crippen molar-refractivity contribution in [2.24, 2.45) is 17.1 Å². The number of rotatable bonds is 7. The normalized spacial score (nSPS) is 28.9. The summed E-state index contributed by atoms with van der Waals surface area (Å²) in [5, 5.41) is 9.07. The number of nitrogens with zero attached hydrogens (tertiary/aromatic N) is 1. The SMILES string of the molecule is NCC(=CF)COc1ccc(C23CCC(C(=O)N4CC(C(=O)O)C4)(CC2)CC3)cc1. The number of nitrogens with two attached hydrogens (primary N) is 1. The van der Waals surface area contributed by atoms with Crippen molar-refractivity contribution in [1.29, 1.82) is 0 Å². The number of carbonyl (C=O) groups is 2. The van der Waals surface area contributed by atoms with E-state index in [0.29, 0.717) is 30.7 Å². The van der Waals surface area contributed by atoms with Crippen LogP contribution in [0.1, 0.15) is 44.1 Å². The van der Waals surface area contributed by atoms with Crippen molar-refractivity contribution in [3.8, 4) is 5.75 Å². The first-order valence-electron chi connectivity index (χ1n) is 10.7. The van der Waals surface area contributed by atoms with Crippen molar-refractivity contribution < 1.29 is 23.8 Å². The van der Waals surface area contributed by atoms with Gasteiger partial charge >= 0.3 is 5.97 Å². The molecule has 1 aromatic rings. The Balaban J connectivity index is 1.37. The molecule has 0 spiro atoms. The molecule has 6 nitrogen and oxygen atoms in total. The number of benzene rings is 1. The van der Waals surface area contributed by atoms with E-state index in [-0.39, 0.29) is 29.9 Å². The maximum Gasteiger partial charge on any atom is 0.310 e. The minimum Gasteiger partial charge on any atom is -0.489 e. The van der Waals surface area contributed by atoms with Crippen molar-refractivity contribution in [3.63, 3.8) is 0 Å². The van der Waals surface area contributed by atoms with E-state index in [9.17, 15) is 14.0 Å². The van der Waals surface area contributed by atoms with Crippen LogP contribution in [0.4, 0.5) is 4.39 Å². The number of carboxylic acids is 1. The fourth-order valence-corrected chi connectivity index (χ4v) is 5.29. The Morgan fingerprint density at radius 3 is 2.23 bits per heavy atom. The molecule has 0 unspecified atom stereocenters. The number of carboxylic acid groups (broad SMARTS) is 1. The number of carbonyl (C=O) groups excluding carboxylic acids is 1. The lowest BCUT2D eigenvalue weighted by atomic mass is 9.51. The number of likely N-dealkylation sites (tertiary alicyclic amines) is 1. The summed E-state index contributed by atoms with van der Waals surface area (Å²) < 4.78 is 18.2. The van der Waals surface area contributed by atoms with Crippen LogP contribution in [0.3, 0.4) is 0 Å². The first kappa shape index (κ1) is 20.8. The molecule has 2 bridgehead atoms. The van der Waals surface area contributed by atoms with Gasteiger partial charge in [0.05, 0.1) is 12.2 Å². The quantitative estimate of drug-likeness (QED) is 0.713. The van der Waals surface area contributed by atoms with Crippen LogP contribution in [-0.2, 0) is 15.0 Å². The predicted octanol–water partition coefficient (Wildman–Crippen LogP) is 3.01. The van der Waals surface area contributed by atoms with E-state index in [2.05, 4.69) is 12.1 Å². The number of hydrogen-bond acceptors (Lipinski definition) is 4. The summed E-state index contributed by atoms with van der Waals surface area (Å²) >= 11 is 0. The molecule has 0 atom stereocenters. The van der Waals surface area contributed by atoms with Gasteiger partial charge in [0.15, 0.2) is 0 Å². The van der Waals surface area contributed by atoms with Gasteiger partial charge in [0.2, 0.25) is 5.91 Å². The van der Waals surface area contributed by atoms with Crippen molar-refractivity contribution >= 4 is 11.9 Å². The molecule has 1 heterocycles. The highest BCUT2D eigenvalue weighted by Gasteiger charge is 2.55. The molecule has 1 aromatic carbocycles. The lowest BCUT2D eigenvalue weighted by molar-refractivity contribution is -0.162. The van der Waals surface area contributed by atoms with Crippen molar-refractivity contribution in [1.82, 2.24) is 4.90 Å². The third-order valence-corrected chi connectivity index (χ3v) is 7.53. The summed E-state index contributed by atoms with van der Waals surface area (Å²) in [5.41, 5.74) is 6.93. The van der Waals surface area contributed by atoms with E-state index in [0.717, 1.165) is 38.5 Å². The Morgan fingerprint density at radius 1 is 1.13 bits per heavy atom. The predicted molar refractivity (Wildman–Crippen MR) is 110 cm³/mol. The Morgan fingerprint density at radius 2 is 1.73 bits per heavy atom. The molecule has 162 valence electrons. The molecule has 4 aliphatic rings. The highest BCUT2D eigenvalue weighted by atomic mass is 19.1. The molecular weight excluding hydrogens is 387 g/mol. The van der Waals surface area contributed by atoms with Crippen LogP contribution in [0.2, 0.25) is 0 Å². The Bertz CT molecular complexity index is 821. The molecule has 5 rings (SSSR count). The van der Waals surface area contributed by atoms with Crippen molar-refractivity contribution in [3.05, 3.63) is 41.7 Å². The van der Waals surface area contributed by atoms with Gasteiger partial charge in [-0.3, -0.25) is 9.59 Å². The van der Waals surface area contributed by atoms with Gasteiger partial charge in [-0.05, 0) is 61.6 Å². The summed E-state index contributed by atoms with van der Waals surface area (Å²) in [6, 6.07) is 8.02. The van der Waals surface area contributed by atoms with Crippen molar-refractivity contribution in [2.75, 3.05) is 26.2 Å². The minimum atomic E-state index is -0.810. The minimum absolute atomic E-state index is 0.0976. The third kappa shape index (κ3) is 3.60. The maximum absolute atomic E-state index is 13.1. The number of ether oxygens (including phenoxy) is 1. The fraction of sp³-hybridized carbons (Fsp3) is 0.565. The van der Waals surface area contributed by atoms with Crippen molar-refractivity contribution in [2.45, 2.75) is 43.9 Å². The van der Waals surface area contributed by atoms with Gasteiger partial charge in [0.1, 0.15) is 12.4 Å². The van der Waals surface area contributed by atoms with Gasteiger partial charge in [-0.15, -0.1) is 0 Å². The lowest BCUT2D eigenvalue weighted by Crippen LogP contribution is -2.60. The van der Waals surface area contributed by atoms with Crippen LogP contribution in [0.5, 0.6) is 5.75 Å². The zero-order chi connectivity index (χ0) is 21.4. The monoisotopic (exact) mass is 416 g/mol. The standard InChI is InChI=1S/C23H29FN2O4/c24-11-16(12-25)15-30-19-3-1-18(2-4-19)22-5-8-23(9-6-22,10-7-22)21(29)26-13-17(14-26)20(27)28/h1-4,11,17H,5-10,12-15,25H2,(H,27,28).